The highest BCUT2D eigenvalue weighted by molar-refractivity contribution is 7.87. The largest absolute Gasteiger partial charge is 0.377 e. The molecule has 126 valence electrons. The summed E-state index contributed by atoms with van der Waals surface area (Å²) < 4.78 is 34.1. The first kappa shape index (κ1) is 18.8. The molecule has 0 saturated carbocycles. The van der Waals surface area contributed by atoms with E-state index in [2.05, 4.69) is 23.9 Å². The van der Waals surface area contributed by atoms with Crippen molar-refractivity contribution < 1.29 is 13.2 Å². The Balaban J connectivity index is 2.39. The lowest BCUT2D eigenvalue weighted by Crippen LogP contribution is -2.48. The molecule has 7 heteroatoms. The summed E-state index contributed by atoms with van der Waals surface area (Å²) in [7, 11) is -3.38. The maximum absolute atomic E-state index is 12.3. The first-order valence-electron chi connectivity index (χ1n) is 7.91. The van der Waals surface area contributed by atoms with Crippen LogP contribution in [-0.4, -0.2) is 57.7 Å². The van der Waals surface area contributed by atoms with Crippen molar-refractivity contribution in [2.45, 2.75) is 52.7 Å². The third-order valence-electron chi connectivity index (χ3n) is 3.47. The quantitative estimate of drug-likeness (QED) is 0.621. The lowest BCUT2D eigenvalue weighted by Gasteiger charge is -2.32. The minimum atomic E-state index is -3.38. The number of nitrogens with zero attached hydrogens (tertiary/aromatic N) is 1. The molecule has 1 unspecified atom stereocenters. The van der Waals surface area contributed by atoms with Crippen molar-refractivity contribution in [3.63, 3.8) is 0 Å². The van der Waals surface area contributed by atoms with E-state index in [1.165, 1.54) is 0 Å². The molecular weight excluding hydrogens is 290 g/mol. The van der Waals surface area contributed by atoms with Gasteiger partial charge in [-0.15, -0.1) is 0 Å². The van der Waals surface area contributed by atoms with Gasteiger partial charge in [0.05, 0.1) is 12.7 Å². The first-order chi connectivity index (χ1) is 9.81. The topological polar surface area (TPSA) is 70.7 Å². The number of ether oxygens (including phenoxy) is 1. The fourth-order valence-electron chi connectivity index (χ4n) is 2.37. The summed E-state index contributed by atoms with van der Waals surface area (Å²) in [4.78, 5) is 0. The molecule has 0 aromatic carbocycles. The van der Waals surface area contributed by atoms with Gasteiger partial charge in [-0.05, 0) is 39.2 Å². The van der Waals surface area contributed by atoms with E-state index in [4.69, 9.17) is 4.74 Å². The Labute approximate surface area is 129 Å². The Hall–Kier alpha value is -0.210. The van der Waals surface area contributed by atoms with Gasteiger partial charge in [0.1, 0.15) is 0 Å². The molecule has 21 heavy (non-hydrogen) atoms. The van der Waals surface area contributed by atoms with Crippen LogP contribution in [0, 0.1) is 5.92 Å². The smallest absolute Gasteiger partial charge is 0.279 e. The summed E-state index contributed by atoms with van der Waals surface area (Å²) in [6, 6.07) is 0.434. The van der Waals surface area contributed by atoms with E-state index >= 15 is 0 Å². The molecule has 1 heterocycles. The summed E-state index contributed by atoms with van der Waals surface area (Å²) in [6.45, 7) is 10.9. The van der Waals surface area contributed by atoms with E-state index in [0.717, 1.165) is 19.4 Å². The van der Waals surface area contributed by atoms with Crippen LogP contribution in [0.5, 0.6) is 0 Å². The molecule has 0 radical (unpaired) electrons. The van der Waals surface area contributed by atoms with Crippen LogP contribution in [0.25, 0.3) is 0 Å². The molecule has 1 atom stereocenters. The van der Waals surface area contributed by atoms with Gasteiger partial charge in [0.2, 0.25) is 0 Å². The van der Waals surface area contributed by atoms with Crippen LogP contribution >= 0.6 is 0 Å². The van der Waals surface area contributed by atoms with Crippen molar-refractivity contribution in [2.24, 2.45) is 5.92 Å². The van der Waals surface area contributed by atoms with Crippen LogP contribution in [-0.2, 0) is 14.9 Å². The molecule has 1 aliphatic heterocycles. The number of rotatable bonds is 9. The second kappa shape index (κ2) is 9.05. The molecule has 0 spiro atoms. The Kier molecular flexibility index (Phi) is 8.12. The molecule has 1 fully saturated rings. The fourth-order valence-corrected chi connectivity index (χ4v) is 3.67. The molecule has 1 rings (SSSR count). The lowest BCUT2D eigenvalue weighted by atomic mass is 9.99. The summed E-state index contributed by atoms with van der Waals surface area (Å²) >= 11 is 0. The number of hydrogen-bond acceptors (Lipinski definition) is 4. The zero-order valence-corrected chi connectivity index (χ0v) is 14.6. The summed E-state index contributed by atoms with van der Waals surface area (Å²) in [5.74, 6) is 0.393. The minimum absolute atomic E-state index is 0.121. The highest BCUT2D eigenvalue weighted by Crippen LogP contribution is 2.18. The summed E-state index contributed by atoms with van der Waals surface area (Å²) in [6.07, 6.45) is 2.13. The van der Waals surface area contributed by atoms with Crippen LogP contribution < -0.4 is 10.0 Å². The Morgan fingerprint density at radius 1 is 1.29 bits per heavy atom. The zero-order chi connectivity index (χ0) is 15.9. The molecular formula is C14H31N3O3S. The van der Waals surface area contributed by atoms with Gasteiger partial charge in [0, 0.05) is 25.7 Å². The average molecular weight is 321 g/mol. The van der Waals surface area contributed by atoms with Gasteiger partial charge in [0.25, 0.3) is 10.2 Å². The molecule has 1 aliphatic rings. The van der Waals surface area contributed by atoms with Crippen LogP contribution in [0.1, 0.15) is 40.5 Å². The van der Waals surface area contributed by atoms with E-state index in [1.54, 1.807) is 4.31 Å². The third-order valence-corrected chi connectivity index (χ3v) is 5.05. The van der Waals surface area contributed by atoms with Gasteiger partial charge in [-0.25, -0.2) is 0 Å². The van der Waals surface area contributed by atoms with Crippen molar-refractivity contribution in [3.8, 4) is 0 Å². The van der Waals surface area contributed by atoms with Crippen LogP contribution in [0.4, 0.5) is 0 Å². The van der Waals surface area contributed by atoms with Crippen LogP contribution in [0.2, 0.25) is 0 Å². The highest BCUT2D eigenvalue weighted by Gasteiger charge is 2.28. The molecule has 0 amide bonds. The second-order valence-electron chi connectivity index (χ2n) is 6.25. The van der Waals surface area contributed by atoms with Crippen molar-refractivity contribution in [1.82, 2.24) is 14.3 Å². The van der Waals surface area contributed by atoms with Gasteiger partial charge in [-0.3, -0.25) is 0 Å². The Morgan fingerprint density at radius 2 is 2.00 bits per heavy atom. The van der Waals surface area contributed by atoms with E-state index in [-0.39, 0.29) is 6.10 Å². The van der Waals surface area contributed by atoms with Gasteiger partial charge < -0.3 is 10.1 Å². The predicted octanol–water partition coefficient (Wildman–Crippen LogP) is 0.956. The minimum Gasteiger partial charge on any atom is -0.377 e. The maximum Gasteiger partial charge on any atom is 0.279 e. The molecule has 6 nitrogen and oxygen atoms in total. The molecule has 1 saturated heterocycles. The normalized spacial score (nSPS) is 21.3. The summed E-state index contributed by atoms with van der Waals surface area (Å²) in [5, 5.41) is 3.39. The van der Waals surface area contributed by atoms with Crippen LogP contribution in [0.3, 0.4) is 0 Å². The van der Waals surface area contributed by atoms with E-state index < -0.39 is 10.2 Å². The SMILES string of the molecule is CC(C)NCC1CCCN(S(=O)(=O)NCCOC(C)C)C1. The van der Waals surface area contributed by atoms with Gasteiger partial charge in [-0.2, -0.15) is 17.4 Å². The standard InChI is InChI=1S/C14H31N3O3S/c1-12(2)15-10-14-6-5-8-17(11-14)21(18,19)16-7-9-20-13(3)4/h12-16H,5-11H2,1-4H3. The average Bonchev–Trinajstić information content (AvgIpc) is 2.41. The van der Waals surface area contributed by atoms with E-state index in [1.807, 2.05) is 13.8 Å². The molecule has 0 aliphatic carbocycles. The van der Waals surface area contributed by atoms with Crippen molar-refractivity contribution in [3.05, 3.63) is 0 Å². The summed E-state index contributed by atoms with van der Waals surface area (Å²) in [5.41, 5.74) is 0. The van der Waals surface area contributed by atoms with Crippen molar-refractivity contribution >= 4 is 10.2 Å². The van der Waals surface area contributed by atoms with E-state index in [0.29, 0.717) is 38.2 Å². The molecule has 2 N–H and O–H groups in total. The maximum atomic E-state index is 12.3. The first-order valence-corrected chi connectivity index (χ1v) is 9.35. The number of piperidine rings is 1. The second-order valence-corrected chi connectivity index (χ2v) is 8.00. The number of hydrogen-bond donors (Lipinski definition) is 2. The van der Waals surface area contributed by atoms with Gasteiger partial charge in [0.15, 0.2) is 0 Å². The van der Waals surface area contributed by atoms with Crippen LogP contribution in [0.15, 0.2) is 0 Å². The highest BCUT2D eigenvalue weighted by atomic mass is 32.2. The Bertz CT molecular complexity index is 385. The Morgan fingerprint density at radius 3 is 2.62 bits per heavy atom. The number of nitrogens with one attached hydrogen (secondary N) is 2. The monoisotopic (exact) mass is 321 g/mol. The third kappa shape index (κ3) is 7.56. The molecule has 0 aromatic heterocycles. The van der Waals surface area contributed by atoms with Gasteiger partial charge >= 0.3 is 0 Å². The fraction of sp³-hybridized carbons (Fsp3) is 1.00. The van der Waals surface area contributed by atoms with Crippen molar-refractivity contribution in [2.75, 3.05) is 32.8 Å². The molecule has 0 aromatic rings. The van der Waals surface area contributed by atoms with E-state index in [9.17, 15) is 8.42 Å². The zero-order valence-electron chi connectivity index (χ0n) is 13.8. The van der Waals surface area contributed by atoms with Crippen molar-refractivity contribution in [1.29, 1.82) is 0 Å². The molecule has 0 bridgehead atoms. The predicted molar refractivity (Wildman–Crippen MR) is 85.4 cm³/mol. The lowest BCUT2D eigenvalue weighted by molar-refractivity contribution is 0.0830. The van der Waals surface area contributed by atoms with Gasteiger partial charge in [-0.1, -0.05) is 13.8 Å².